The second-order valence-electron chi connectivity index (χ2n) is 7.13. The summed E-state index contributed by atoms with van der Waals surface area (Å²) in [5, 5.41) is 5.73. The molecule has 1 unspecified atom stereocenters. The third-order valence-corrected chi connectivity index (χ3v) is 4.41. The number of hydrogen-bond acceptors (Lipinski definition) is 7. The highest BCUT2D eigenvalue weighted by atomic mass is 16.5. The summed E-state index contributed by atoms with van der Waals surface area (Å²) in [6, 6.07) is -0.490. The molecule has 0 fully saturated rings. The van der Waals surface area contributed by atoms with E-state index in [0.717, 1.165) is 38.5 Å². The van der Waals surface area contributed by atoms with Gasteiger partial charge in [0.05, 0.1) is 39.6 Å². The molecule has 0 aromatic rings. The van der Waals surface area contributed by atoms with E-state index in [4.69, 9.17) is 25.7 Å². The van der Waals surface area contributed by atoms with E-state index in [1.165, 1.54) is 0 Å². The van der Waals surface area contributed by atoms with Crippen LogP contribution in [0.5, 0.6) is 0 Å². The number of carbonyl (C=O) groups is 2. The Labute approximate surface area is 181 Å². The molecule has 0 aromatic heterocycles. The first-order valence-electron chi connectivity index (χ1n) is 11.4. The lowest BCUT2D eigenvalue weighted by Gasteiger charge is -2.18. The molecule has 0 aliphatic rings. The second-order valence-corrected chi connectivity index (χ2v) is 7.13. The fourth-order valence-corrected chi connectivity index (χ4v) is 2.74. The smallest absolute Gasteiger partial charge is 0.242 e. The topological polar surface area (TPSA) is 138 Å². The van der Waals surface area contributed by atoms with Crippen LogP contribution in [0.4, 0.5) is 0 Å². The van der Waals surface area contributed by atoms with Gasteiger partial charge >= 0.3 is 0 Å². The van der Waals surface area contributed by atoms with Crippen LogP contribution in [0.15, 0.2) is 0 Å². The van der Waals surface area contributed by atoms with Crippen LogP contribution >= 0.6 is 0 Å². The molecule has 6 N–H and O–H groups in total. The molecular weight excluding hydrogens is 388 g/mol. The lowest BCUT2D eigenvalue weighted by atomic mass is 10.1. The van der Waals surface area contributed by atoms with Crippen molar-refractivity contribution >= 4 is 11.8 Å². The average molecular weight is 433 g/mol. The number of nitrogens with one attached hydrogen (secondary N) is 2. The van der Waals surface area contributed by atoms with Crippen molar-refractivity contribution in [2.75, 3.05) is 59.3 Å². The number of hydrogen-bond donors (Lipinski definition) is 4. The Morgan fingerprint density at radius 3 is 2.10 bits per heavy atom. The predicted octanol–water partition coefficient (Wildman–Crippen LogP) is 0.695. The fourth-order valence-electron chi connectivity index (χ4n) is 2.74. The standard InChI is InChI=1S/C21H44N4O5/c1-2-3-5-8-19(25-20(26)9-6-4-7-10-22)21(27)24-12-14-29-16-18-30-17-15-28-13-11-23/h19H,2-18,22-23H2,1H3,(H,24,27)(H,25,26). The average Bonchev–Trinajstić information content (AvgIpc) is 2.74. The highest BCUT2D eigenvalue weighted by Gasteiger charge is 2.19. The molecule has 0 radical (unpaired) electrons. The van der Waals surface area contributed by atoms with Crippen molar-refractivity contribution in [3.63, 3.8) is 0 Å². The van der Waals surface area contributed by atoms with Crippen LogP contribution in [0.2, 0.25) is 0 Å². The van der Waals surface area contributed by atoms with E-state index < -0.39 is 6.04 Å². The molecule has 0 spiro atoms. The first kappa shape index (κ1) is 28.7. The second kappa shape index (κ2) is 22.4. The Morgan fingerprint density at radius 1 is 0.800 bits per heavy atom. The maximum Gasteiger partial charge on any atom is 0.242 e. The number of rotatable bonds is 22. The van der Waals surface area contributed by atoms with Gasteiger partial charge in [0, 0.05) is 19.5 Å². The van der Waals surface area contributed by atoms with Crippen LogP contribution in [0, 0.1) is 0 Å². The molecule has 0 aliphatic heterocycles. The number of carbonyl (C=O) groups excluding carboxylic acids is 2. The minimum atomic E-state index is -0.490. The molecule has 0 saturated heterocycles. The van der Waals surface area contributed by atoms with E-state index in [0.29, 0.717) is 72.1 Å². The summed E-state index contributed by atoms with van der Waals surface area (Å²) in [5.41, 5.74) is 10.8. The molecule has 9 heteroatoms. The Kier molecular flexibility index (Phi) is 21.5. The Bertz CT molecular complexity index is 413. The Balaban J connectivity index is 3.95. The summed E-state index contributed by atoms with van der Waals surface area (Å²) in [5.74, 6) is -0.231. The zero-order valence-corrected chi connectivity index (χ0v) is 18.8. The highest BCUT2D eigenvalue weighted by molar-refractivity contribution is 5.87. The molecule has 0 bridgehead atoms. The highest BCUT2D eigenvalue weighted by Crippen LogP contribution is 2.05. The molecule has 0 heterocycles. The van der Waals surface area contributed by atoms with E-state index >= 15 is 0 Å². The summed E-state index contributed by atoms with van der Waals surface area (Å²) in [7, 11) is 0. The van der Waals surface area contributed by atoms with Gasteiger partial charge in [0.15, 0.2) is 0 Å². The minimum Gasteiger partial charge on any atom is -0.378 e. The van der Waals surface area contributed by atoms with Gasteiger partial charge in [-0.05, 0) is 25.8 Å². The number of nitrogens with two attached hydrogens (primary N) is 2. The summed E-state index contributed by atoms with van der Waals surface area (Å²) in [6.45, 7) is 6.53. The number of amides is 2. The van der Waals surface area contributed by atoms with Gasteiger partial charge in [0.2, 0.25) is 11.8 Å². The Morgan fingerprint density at radius 2 is 1.47 bits per heavy atom. The molecule has 1 atom stereocenters. The molecule has 0 saturated carbocycles. The zero-order valence-electron chi connectivity index (χ0n) is 18.8. The van der Waals surface area contributed by atoms with Crippen molar-refractivity contribution in [3.8, 4) is 0 Å². The lowest BCUT2D eigenvalue weighted by molar-refractivity contribution is -0.129. The van der Waals surface area contributed by atoms with Crippen molar-refractivity contribution in [2.24, 2.45) is 11.5 Å². The first-order valence-corrected chi connectivity index (χ1v) is 11.4. The van der Waals surface area contributed by atoms with Crippen molar-refractivity contribution in [1.29, 1.82) is 0 Å². The SMILES string of the molecule is CCCCCC(NC(=O)CCCCCN)C(=O)NCCOCCOCCOCCN. The van der Waals surface area contributed by atoms with Gasteiger partial charge in [-0.1, -0.05) is 32.6 Å². The summed E-state index contributed by atoms with van der Waals surface area (Å²) >= 11 is 0. The molecule has 0 aliphatic carbocycles. The van der Waals surface area contributed by atoms with E-state index in [9.17, 15) is 9.59 Å². The van der Waals surface area contributed by atoms with Gasteiger partial charge in [0.1, 0.15) is 6.04 Å². The Hall–Kier alpha value is -1.26. The van der Waals surface area contributed by atoms with E-state index in [1.807, 2.05) is 0 Å². The van der Waals surface area contributed by atoms with Crippen molar-refractivity contribution in [2.45, 2.75) is 64.3 Å². The van der Waals surface area contributed by atoms with Gasteiger partial charge in [-0.15, -0.1) is 0 Å². The van der Waals surface area contributed by atoms with E-state index in [1.54, 1.807) is 0 Å². The summed E-state index contributed by atoms with van der Waals surface area (Å²) < 4.78 is 16.0. The molecule has 9 nitrogen and oxygen atoms in total. The molecule has 0 rings (SSSR count). The van der Waals surface area contributed by atoms with Crippen LogP contribution in [-0.4, -0.2) is 77.1 Å². The van der Waals surface area contributed by atoms with Crippen molar-refractivity contribution < 1.29 is 23.8 Å². The normalized spacial score (nSPS) is 12.0. The monoisotopic (exact) mass is 432 g/mol. The van der Waals surface area contributed by atoms with Gasteiger partial charge < -0.3 is 36.3 Å². The predicted molar refractivity (Wildman–Crippen MR) is 118 cm³/mol. The van der Waals surface area contributed by atoms with Gasteiger partial charge in [-0.2, -0.15) is 0 Å². The largest absolute Gasteiger partial charge is 0.378 e. The fraction of sp³-hybridized carbons (Fsp3) is 0.905. The lowest BCUT2D eigenvalue weighted by Crippen LogP contribution is -2.47. The van der Waals surface area contributed by atoms with Crippen molar-refractivity contribution in [1.82, 2.24) is 10.6 Å². The van der Waals surface area contributed by atoms with E-state index in [-0.39, 0.29) is 11.8 Å². The quantitative estimate of drug-likeness (QED) is 0.185. The van der Waals surface area contributed by atoms with Crippen LogP contribution in [0.25, 0.3) is 0 Å². The third-order valence-electron chi connectivity index (χ3n) is 4.41. The molecule has 0 aromatic carbocycles. The minimum absolute atomic E-state index is 0.0764. The van der Waals surface area contributed by atoms with Crippen molar-refractivity contribution in [3.05, 3.63) is 0 Å². The maximum atomic E-state index is 12.5. The molecule has 178 valence electrons. The molecule has 2 amide bonds. The zero-order chi connectivity index (χ0) is 22.3. The molecular formula is C21H44N4O5. The number of ether oxygens (including phenoxy) is 3. The third kappa shape index (κ3) is 18.7. The van der Waals surface area contributed by atoms with Gasteiger partial charge in [-0.25, -0.2) is 0 Å². The van der Waals surface area contributed by atoms with Crippen LogP contribution in [0.1, 0.15) is 58.3 Å². The van der Waals surface area contributed by atoms with E-state index in [2.05, 4.69) is 17.6 Å². The van der Waals surface area contributed by atoms with Gasteiger partial charge in [-0.3, -0.25) is 9.59 Å². The van der Waals surface area contributed by atoms with Crippen LogP contribution < -0.4 is 22.1 Å². The summed E-state index contributed by atoms with van der Waals surface area (Å²) in [6.07, 6.45) is 6.73. The number of unbranched alkanes of at least 4 members (excludes halogenated alkanes) is 4. The molecule has 30 heavy (non-hydrogen) atoms. The van der Waals surface area contributed by atoms with Crippen LogP contribution in [0.3, 0.4) is 0 Å². The first-order chi connectivity index (χ1) is 14.7. The van der Waals surface area contributed by atoms with Gasteiger partial charge in [0.25, 0.3) is 0 Å². The maximum absolute atomic E-state index is 12.5. The van der Waals surface area contributed by atoms with Crippen LogP contribution in [-0.2, 0) is 23.8 Å². The summed E-state index contributed by atoms with van der Waals surface area (Å²) in [4.78, 5) is 24.6.